The molecule has 1 amide bonds. The minimum absolute atomic E-state index is 0.174. The van der Waals surface area contributed by atoms with E-state index in [1.54, 1.807) is 19.2 Å². The molecule has 82 valence electrons. The van der Waals surface area contributed by atoms with Crippen molar-refractivity contribution in [2.24, 2.45) is 0 Å². The lowest BCUT2D eigenvalue weighted by Crippen LogP contribution is -2.10. The van der Waals surface area contributed by atoms with Crippen molar-refractivity contribution in [1.29, 1.82) is 0 Å². The lowest BCUT2D eigenvalue weighted by Gasteiger charge is -2.01. The number of oxazole rings is 1. The summed E-state index contributed by atoms with van der Waals surface area (Å²) < 4.78 is 5.13. The molecule has 0 unspecified atom stereocenters. The van der Waals surface area contributed by atoms with E-state index in [4.69, 9.17) is 4.42 Å². The fraction of sp³-hybridized carbons (Fsp3) is 0.0909. The van der Waals surface area contributed by atoms with Gasteiger partial charge in [-0.1, -0.05) is 18.2 Å². The fourth-order valence-electron chi connectivity index (χ4n) is 1.21. The van der Waals surface area contributed by atoms with Gasteiger partial charge in [-0.25, -0.2) is 4.98 Å². The van der Waals surface area contributed by atoms with Crippen LogP contribution in [0.5, 0.6) is 0 Å². The van der Waals surface area contributed by atoms with Crippen molar-refractivity contribution in [3.8, 4) is 0 Å². The predicted molar refractivity (Wildman–Crippen MR) is 60.4 cm³/mol. The van der Waals surface area contributed by atoms with Gasteiger partial charge >= 0.3 is 0 Å². The Morgan fingerprint density at radius 2 is 2.06 bits per heavy atom. The average Bonchev–Trinajstić information content (AvgIpc) is 2.79. The molecule has 2 aromatic rings. The van der Waals surface area contributed by atoms with E-state index in [1.807, 2.05) is 18.2 Å². The maximum Gasteiger partial charge on any atom is 0.294 e. The lowest BCUT2D eigenvalue weighted by atomic mass is 10.3. The molecule has 16 heavy (non-hydrogen) atoms. The summed E-state index contributed by atoms with van der Waals surface area (Å²) in [5, 5.41) is 5.40. The number of aromatic nitrogens is 1. The summed E-state index contributed by atoms with van der Waals surface area (Å²) in [4.78, 5) is 15.5. The lowest BCUT2D eigenvalue weighted by molar-refractivity contribution is 0.0997. The molecule has 0 saturated heterocycles. The van der Waals surface area contributed by atoms with Gasteiger partial charge in [-0.2, -0.15) is 0 Å². The largest absolute Gasteiger partial charge is 0.418 e. The molecular weight excluding hydrogens is 206 g/mol. The molecule has 2 rings (SSSR count). The zero-order valence-corrected chi connectivity index (χ0v) is 8.73. The van der Waals surface area contributed by atoms with Crippen molar-refractivity contribution in [3.63, 3.8) is 0 Å². The van der Waals surface area contributed by atoms with E-state index in [1.165, 1.54) is 6.20 Å². The van der Waals surface area contributed by atoms with Crippen LogP contribution in [-0.2, 0) is 0 Å². The molecule has 2 N–H and O–H groups in total. The van der Waals surface area contributed by atoms with Crippen molar-refractivity contribution in [3.05, 3.63) is 42.3 Å². The molecule has 1 aromatic heterocycles. The van der Waals surface area contributed by atoms with Crippen LogP contribution in [0.2, 0.25) is 0 Å². The first-order valence-corrected chi connectivity index (χ1v) is 4.79. The highest BCUT2D eigenvalue weighted by Gasteiger charge is 2.11. The highest BCUT2D eigenvalue weighted by atomic mass is 16.4. The summed E-state index contributed by atoms with van der Waals surface area (Å²) in [5.74, 6) is -0.145. The number of carbonyl (C=O) groups excluding carboxylic acids is 1. The fourth-order valence-corrected chi connectivity index (χ4v) is 1.21. The molecule has 0 radical (unpaired) electrons. The second kappa shape index (κ2) is 4.48. The van der Waals surface area contributed by atoms with Gasteiger partial charge in [-0.15, -0.1) is 0 Å². The molecule has 0 fully saturated rings. The monoisotopic (exact) mass is 217 g/mol. The summed E-state index contributed by atoms with van der Waals surface area (Å²) in [7, 11) is 1.67. The van der Waals surface area contributed by atoms with Crippen LogP contribution in [-0.4, -0.2) is 17.9 Å². The van der Waals surface area contributed by atoms with Crippen LogP contribution in [0.1, 0.15) is 10.6 Å². The third kappa shape index (κ3) is 2.20. The summed E-state index contributed by atoms with van der Waals surface area (Å²) in [5.41, 5.74) is 0.718. The van der Waals surface area contributed by atoms with Gasteiger partial charge in [0.05, 0.1) is 6.20 Å². The maximum absolute atomic E-state index is 11.7. The van der Waals surface area contributed by atoms with Gasteiger partial charge in [0.1, 0.15) is 0 Å². The van der Waals surface area contributed by atoms with E-state index in [-0.39, 0.29) is 11.7 Å². The Kier molecular flexibility index (Phi) is 2.86. The van der Waals surface area contributed by atoms with E-state index >= 15 is 0 Å². The third-order valence-corrected chi connectivity index (χ3v) is 1.98. The Balaban J connectivity index is 2.09. The second-order valence-electron chi connectivity index (χ2n) is 3.10. The number of amides is 1. The number of hydrogen-bond acceptors (Lipinski definition) is 4. The number of para-hydroxylation sites is 1. The van der Waals surface area contributed by atoms with Gasteiger partial charge in [0.2, 0.25) is 5.76 Å². The first-order valence-electron chi connectivity index (χ1n) is 4.79. The standard InChI is InChI=1S/C11H11N3O2/c1-12-11-13-7-9(16-11)10(15)14-8-5-3-2-4-6-8/h2-7H,1H3,(H,12,13)(H,14,15). The molecule has 0 saturated carbocycles. The summed E-state index contributed by atoms with van der Waals surface area (Å²) >= 11 is 0. The van der Waals surface area contributed by atoms with Crippen LogP contribution in [0.25, 0.3) is 0 Å². The average molecular weight is 217 g/mol. The van der Waals surface area contributed by atoms with E-state index < -0.39 is 0 Å². The Morgan fingerprint density at radius 3 is 2.69 bits per heavy atom. The molecule has 5 heteroatoms. The zero-order chi connectivity index (χ0) is 11.4. The van der Waals surface area contributed by atoms with Gasteiger partial charge in [-0.05, 0) is 12.1 Å². The Morgan fingerprint density at radius 1 is 1.31 bits per heavy atom. The number of hydrogen-bond donors (Lipinski definition) is 2. The normalized spacial score (nSPS) is 9.81. The smallest absolute Gasteiger partial charge is 0.294 e. The molecule has 0 aliphatic rings. The molecular formula is C11H11N3O2. The molecule has 0 spiro atoms. The number of carbonyl (C=O) groups is 1. The Bertz CT molecular complexity index is 479. The number of anilines is 2. The van der Waals surface area contributed by atoms with Crippen LogP contribution >= 0.6 is 0 Å². The molecule has 1 aromatic carbocycles. The highest BCUT2D eigenvalue weighted by molar-refractivity contribution is 6.02. The minimum Gasteiger partial charge on any atom is -0.418 e. The third-order valence-electron chi connectivity index (χ3n) is 1.98. The van der Waals surface area contributed by atoms with Crippen LogP contribution in [0, 0.1) is 0 Å². The zero-order valence-electron chi connectivity index (χ0n) is 8.73. The summed E-state index contributed by atoms with van der Waals surface area (Å²) in [6, 6.07) is 9.48. The van der Waals surface area contributed by atoms with Gasteiger partial charge in [0, 0.05) is 12.7 Å². The van der Waals surface area contributed by atoms with Gasteiger partial charge < -0.3 is 15.1 Å². The summed E-state index contributed by atoms with van der Waals surface area (Å²) in [6.07, 6.45) is 1.38. The Hall–Kier alpha value is -2.30. The van der Waals surface area contributed by atoms with E-state index in [0.717, 1.165) is 5.69 Å². The maximum atomic E-state index is 11.7. The quantitative estimate of drug-likeness (QED) is 0.824. The minimum atomic E-state index is -0.319. The van der Waals surface area contributed by atoms with Crippen molar-refractivity contribution >= 4 is 17.6 Å². The van der Waals surface area contributed by atoms with Gasteiger partial charge in [0.15, 0.2) is 0 Å². The topological polar surface area (TPSA) is 67.2 Å². The summed E-state index contributed by atoms with van der Waals surface area (Å²) in [6.45, 7) is 0. The molecule has 5 nitrogen and oxygen atoms in total. The molecule has 0 aliphatic carbocycles. The van der Waals surface area contributed by atoms with E-state index in [0.29, 0.717) is 6.01 Å². The first-order chi connectivity index (χ1) is 7.79. The predicted octanol–water partition coefficient (Wildman–Crippen LogP) is 1.97. The number of nitrogens with one attached hydrogen (secondary N) is 2. The van der Waals surface area contributed by atoms with Gasteiger partial charge in [-0.3, -0.25) is 4.79 Å². The van der Waals surface area contributed by atoms with Crippen LogP contribution < -0.4 is 10.6 Å². The van der Waals surface area contributed by atoms with Crippen molar-refractivity contribution in [2.75, 3.05) is 17.7 Å². The molecule has 1 heterocycles. The van der Waals surface area contributed by atoms with Crippen LogP contribution in [0.15, 0.2) is 40.9 Å². The highest BCUT2D eigenvalue weighted by Crippen LogP contribution is 2.11. The van der Waals surface area contributed by atoms with E-state index in [9.17, 15) is 4.79 Å². The number of nitrogens with zero attached hydrogens (tertiary/aromatic N) is 1. The Labute approximate surface area is 92.5 Å². The van der Waals surface area contributed by atoms with Crippen molar-refractivity contribution < 1.29 is 9.21 Å². The van der Waals surface area contributed by atoms with Gasteiger partial charge in [0.25, 0.3) is 11.9 Å². The van der Waals surface area contributed by atoms with Crippen LogP contribution in [0.3, 0.4) is 0 Å². The first kappa shape index (κ1) is 10.2. The second-order valence-corrected chi connectivity index (χ2v) is 3.10. The van der Waals surface area contributed by atoms with Crippen molar-refractivity contribution in [1.82, 2.24) is 4.98 Å². The van der Waals surface area contributed by atoms with E-state index in [2.05, 4.69) is 15.6 Å². The van der Waals surface area contributed by atoms with Crippen molar-refractivity contribution in [2.45, 2.75) is 0 Å². The molecule has 0 bridgehead atoms. The number of rotatable bonds is 3. The molecule has 0 aliphatic heterocycles. The molecule has 0 atom stereocenters. The van der Waals surface area contributed by atoms with Crippen LogP contribution in [0.4, 0.5) is 11.7 Å². The number of benzene rings is 1. The SMILES string of the molecule is CNc1ncc(C(=O)Nc2ccccc2)o1.